The van der Waals surface area contributed by atoms with E-state index in [1.165, 1.54) is 6.07 Å². The van der Waals surface area contributed by atoms with Gasteiger partial charge >= 0.3 is 0 Å². The van der Waals surface area contributed by atoms with E-state index < -0.39 is 0 Å². The Bertz CT molecular complexity index is 206. The van der Waals surface area contributed by atoms with E-state index in [2.05, 4.69) is 15.9 Å². The highest BCUT2D eigenvalue weighted by molar-refractivity contribution is 9.10. The summed E-state index contributed by atoms with van der Waals surface area (Å²) in [5.74, 6) is -0.199. The molecule has 1 rings (SSSR count). The Morgan fingerprint density at radius 3 is 2.00 bits per heavy atom. The second-order valence-electron chi connectivity index (χ2n) is 1.87. The van der Waals surface area contributed by atoms with Crippen molar-refractivity contribution in [2.24, 2.45) is 0 Å². The van der Waals surface area contributed by atoms with E-state index in [0.717, 1.165) is 5.56 Å². The molecule has 0 spiro atoms. The zero-order valence-corrected chi connectivity index (χ0v) is 7.80. The van der Waals surface area contributed by atoms with Crippen molar-refractivity contribution in [2.75, 3.05) is 0 Å². The lowest BCUT2D eigenvalue weighted by Crippen LogP contribution is -1.79. The predicted molar refractivity (Wildman–Crippen MR) is 46.3 cm³/mol. The monoisotopic (exact) mass is 248 g/mol. The molecule has 0 N–H and O–H groups in total. The van der Waals surface area contributed by atoms with E-state index in [-0.39, 0.29) is 19.9 Å². The van der Waals surface area contributed by atoms with Crippen LogP contribution < -0.4 is 0 Å². The number of halogens is 5. The predicted octanol–water partition coefficient (Wildman–Crippen LogP) is 3.35. The molecule has 0 unspecified atom stereocenters. The molecule has 0 aliphatic carbocycles. The van der Waals surface area contributed by atoms with Crippen molar-refractivity contribution in [2.45, 2.75) is 6.92 Å². The van der Waals surface area contributed by atoms with Crippen LogP contribution in [0.2, 0.25) is 0 Å². The van der Waals surface area contributed by atoms with Gasteiger partial charge in [-0.3, -0.25) is 14.1 Å². The Morgan fingerprint density at radius 1 is 1.17 bits per heavy atom. The highest BCUT2D eigenvalue weighted by atomic mass is 79.9. The number of aryl methyl sites for hydroxylation is 1. The molecule has 12 heavy (non-hydrogen) atoms. The molecule has 0 aliphatic heterocycles. The smallest absolute Gasteiger partial charge is 0.137 e. The average Bonchev–Trinajstić information content (AvgIpc) is 1.83. The van der Waals surface area contributed by atoms with Crippen molar-refractivity contribution in [3.05, 3.63) is 34.1 Å². The zero-order chi connectivity index (χ0) is 6.85. The van der Waals surface area contributed by atoms with Crippen molar-refractivity contribution in [3.63, 3.8) is 0 Å². The molecule has 0 atom stereocenters. The first kappa shape index (κ1) is 17.5. The topological polar surface area (TPSA) is 0 Å². The van der Waals surface area contributed by atoms with Crippen LogP contribution in [0.25, 0.3) is 0 Å². The summed E-state index contributed by atoms with van der Waals surface area (Å²) in [4.78, 5) is 0. The first-order valence-electron chi connectivity index (χ1n) is 2.62. The van der Waals surface area contributed by atoms with Gasteiger partial charge in [-0.05, 0) is 34.5 Å². The van der Waals surface area contributed by atoms with Gasteiger partial charge in [0.1, 0.15) is 5.82 Å². The van der Waals surface area contributed by atoms with Gasteiger partial charge in [0, 0.05) is 0 Å². The fourth-order valence-corrected chi connectivity index (χ4v) is 0.876. The molecule has 0 fully saturated rings. The first-order valence-corrected chi connectivity index (χ1v) is 3.41. The highest BCUT2D eigenvalue weighted by Crippen LogP contribution is 2.18. The minimum absolute atomic E-state index is 0. The number of benzene rings is 1. The van der Waals surface area contributed by atoms with Gasteiger partial charge in [-0.1, -0.05) is 12.1 Å². The van der Waals surface area contributed by atoms with Gasteiger partial charge in [-0.25, -0.2) is 4.39 Å². The van der Waals surface area contributed by atoms with Crippen molar-refractivity contribution >= 4 is 15.9 Å². The molecule has 0 nitrogen and oxygen atoms in total. The summed E-state index contributed by atoms with van der Waals surface area (Å²) in [6.45, 7) is 1.85. The molecule has 1 aromatic rings. The lowest BCUT2D eigenvalue weighted by molar-refractivity contribution is 0.619. The minimum Gasteiger partial charge on any atom is -0.269 e. The summed E-state index contributed by atoms with van der Waals surface area (Å²) in [5.41, 5.74) is 0.926. The molecule has 0 aromatic heterocycles. The SMILES string of the molecule is Cc1cccc(F)c1Br.F.F.F. The molecular weight excluding hydrogens is 240 g/mol. The Labute approximate surface area is 76.0 Å². The Balaban J connectivity index is -0.000000270. The Kier molecular flexibility index (Phi) is 10.3. The average molecular weight is 249 g/mol. The van der Waals surface area contributed by atoms with Gasteiger partial charge in [0.15, 0.2) is 0 Å². The number of hydrogen-bond acceptors (Lipinski definition) is 0. The molecule has 0 radical (unpaired) electrons. The first-order chi connectivity index (χ1) is 4.22. The van der Waals surface area contributed by atoms with Crippen LogP contribution in [-0.4, -0.2) is 0 Å². The second kappa shape index (κ2) is 7.09. The molecule has 0 amide bonds. The van der Waals surface area contributed by atoms with Crippen molar-refractivity contribution in [3.8, 4) is 0 Å². The normalized spacial score (nSPS) is 7.25. The molecule has 5 heteroatoms. The van der Waals surface area contributed by atoms with Gasteiger partial charge in [0.05, 0.1) is 4.47 Å². The number of rotatable bonds is 0. The van der Waals surface area contributed by atoms with Crippen LogP contribution in [0.1, 0.15) is 5.56 Å². The quantitative estimate of drug-likeness (QED) is 0.618. The van der Waals surface area contributed by atoms with Crippen molar-refractivity contribution < 1.29 is 18.5 Å². The summed E-state index contributed by atoms with van der Waals surface area (Å²) in [6.07, 6.45) is 0. The molecular formula is C7H9BrF4. The molecule has 0 saturated heterocycles. The number of hydrogen-bond donors (Lipinski definition) is 0. The van der Waals surface area contributed by atoms with Crippen LogP contribution in [0.15, 0.2) is 22.7 Å². The summed E-state index contributed by atoms with van der Waals surface area (Å²) in [6, 6.07) is 4.97. The third kappa shape index (κ3) is 3.71. The van der Waals surface area contributed by atoms with Crippen LogP contribution in [0.3, 0.4) is 0 Å². The molecule has 1 aromatic carbocycles. The van der Waals surface area contributed by atoms with E-state index in [1.807, 2.05) is 13.0 Å². The highest BCUT2D eigenvalue weighted by Gasteiger charge is 1.97. The third-order valence-electron chi connectivity index (χ3n) is 1.14. The molecule has 0 aliphatic rings. The van der Waals surface area contributed by atoms with E-state index in [9.17, 15) is 4.39 Å². The standard InChI is InChI=1S/C7H6BrF.3FH/c1-5-3-2-4-6(9)7(5)8;;;/h2-4H,1H3;3*1H. The molecule has 0 saturated carbocycles. The van der Waals surface area contributed by atoms with E-state index in [1.54, 1.807) is 6.07 Å². The minimum atomic E-state index is -0.199. The molecule has 72 valence electrons. The van der Waals surface area contributed by atoms with Crippen LogP contribution in [-0.2, 0) is 0 Å². The van der Waals surface area contributed by atoms with E-state index in [4.69, 9.17) is 0 Å². The summed E-state index contributed by atoms with van der Waals surface area (Å²) in [7, 11) is 0. The van der Waals surface area contributed by atoms with Crippen LogP contribution in [0.4, 0.5) is 18.5 Å². The van der Waals surface area contributed by atoms with Gasteiger partial charge in [0.25, 0.3) is 0 Å². The third-order valence-corrected chi connectivity index (χ3v) is 2.15. The Morgan fingerprint density at radius 2 is 1.67 bits per heavy atom. The van der Waals surface area contributed by atoms with Crippen molar-refractivity contribution in [1.82, 2.24) is 0 Å². The summed E-state index contributed by atoms with van der Waals surface area (Å²) >= 11 is 3.10. The molecule has 0 heterocycles. The summed E-state index contributed by atoms with van der Waals surface area (Å²) in [5, 5.41) is 0. The zero-order valence-electron chi connectivity index (χ0n) is 6.21. The fraction of sp³-hybridized carbons (Fsp3) is 0.143. The largest absolute Gasteiger partial charge is 0.269 e. The maximum Gasteiger partial charge on any atom is 0.137 e. The fourth-order valence-electron chi connectivity index (χ4n) is 0.612. The van der Waals surface area contributed by atoms with Gasteiger partial charge < -0.3 is 0 Å². The second-order valence-corrected chi connectivity index (χ2v) is 2.66. The van der Waals surface area contributed by atoms with Gasteiger partial charge in [-0.2, -0.15) is 0 Å². The molecule has 0 bridgehead atoms. The lowest BCUT2D eigenvalue weighted by atomic mass is 10.2. The van der Waals surface area contributed by atoms with Crippen molar-refractivity contribution in [1.29, 1.82) is 0 Å². The van der Waals surface area contributed by atoms with Gasteiger partial charge in [0.2, 0.25) is 0 Å². The maximum absolute atomic E-state index is 12.5. The lowest BCUT2D eigenvalue weighted by Gasteiger charge is -1.95. The van der Waals surface area contributed by atoms with E-state index in [0.29, 0.717) is 4.47 Å². The van der Waals surface area contributed by atoms with Crippen LogP contribution in [0.5, 0.6) is 0 Å². The summed E-state index contributed by atoms with van der Waals surface area (Å²) < 4.78 is 13.1. The van der Waals surface area contributed by atoms with Crippen LogP contribution in [0, 0.1) is 12.7 Å². The Hall–Kier alpha value is -0.580. The van der Waals surface area contributed by atoms with E-state index >= 15 is 0 Å². The maximum atomic E-state index is 12.5. The van der Waals surface area contributed by atoms with Gasteiger partial charge in [-0.15, -0.1) is 0 Å². The van der Waals surface area contributed by atoms with Crippen LogP contribution >= 0.6 is 15.9 Å².